The Morgan fingerprint density at radius 3 is 3.05 bits per heavy atom. The number of nitrogen functional groups attached to an aromatic ring is 1. The van der Waals surface area contributed by atoms with Gasteiger partial charge in [-0.1, -0.05) is 17.8 Å². The Kier molecular flexibility index (Phi) is 3.66. The molecule has 1 amide bonds. The molecule has 1 aliphatic rings. The van der Waals surface area contributed by atoms with E-state index >= 15 is 0 Å². The Labute approximate surface area is 124 Å². The van der Waals surface area contributed by atoms with Crippen LogP contribution >= 0.6 is 23.1 Å². The monoisotopic (exact) mass is 309 g/mol. The second kappa shape index (κ2) is 5.45. The highest BCUT2D eigenvalue weighted by Gasteiger charge is 2.27. The van der Waals surface area contributed by atoms with Gasteiger partial charge in [-0.15, -0.1) is 21.5 Å². The van der Waals surface area contributed by atoms with Gasteiger partial charge < -0.3 is 11.2 Å². The SMILES string of the molecule is CC(Sc1nnc(-c2cccs2)n1N)C(=O)NC1CC1. The van der Waals surface area contributed by atoms with Crippen molar-refractivity contribution in [2.24, 2.45) is 0 Å². The molecule has 8 heteroatoms. The molecule has 1 aliphatic carbocycles. The van der Waals surface area contributed by atoms with Crippen molar-refractivity contribution >= 4 is 29.0 Å². The molecular weight excluding hydrogens is 294 g/mol. The number of rotatable bonds is 5. The minimum absolute atomic E-state index is 0.0261. The lowest BCUT2D eigenvalue weighted by Crippen LogP contribution is -2.32. The van der Waals surface area contributed by atoms with E-state index in [1.54, 1.807) is 11.3 Å². The van der Waals surface area contributed by atoms with E-state index in [1.165, 1.54) is 16.4 Å². The van der Waals surface area contributed by atoms with Crippen molar-refractivity contribution in [3.8, 4) is 10.7 Å². The second-order valence-corrected chi connectivity index (χ2v) is 6.95. The lowest BCUT2D eigenvalue weighted by molar-refractivity contribution is -0.120. The fraction of sp³-hybridized carbons (Fsp3) is 0.417. The Balaban J connectivity index is 1.69. The average molecular weight is 309 g/mol. The van der Waals surface area contributed by atoms with Crippen LogP contribution in [0.25, 0.3) is 10.7 Å². The zero-order valence-electron chi connectivity index (χ0n) is 10.9. The number of hydrogen-bond donors (Lipinski definition) is 2. The first-order valence-corrected chi connectivity index (χ1v) is 8.12. The first-order chi connectivity index (χ1) is 9.65. The minimum Gasteiger partial charge on any atom is -0.352 e. The molecule has 0 spiro atoms. The summed E-state index contributed by atoms with van der Waals surface area (Å²) in [7, 11) is 0. The Morgan fingerprint density at radius 2 is 2.40 bits per heavy atom. The topological polar surface area (TPSA) is 85.8 Å². The van der Waals surface area contributed by atoms with E-state index in [9.17, 15) is 4.79 Å². The quantitative estimate of drug-likeness (QED) is 0.645. The van der Waals surface area contributed by atoms with Crippen molar-refractivity contribution in [1.82, 2.24) is 20.2 Å². The molecule has 3 N–H and O–H groups in total. The molecule has 106 valence electrons. The number of amides is 1. The smallest absolute Gasteiger partial charge is 0.233 e. The fourth-order valence-electron chi connectivity index (χ4n) is 1.69. The normalized spacial score (nSPS) is 16.1. The van der Waals surface area contributed by atoms with E-state index in [2.05, 4.69) is 15.5 Å². The summed E-state index contributed by atoms with van der Waals surface area (Å²) in [6.07, 6.45) is 2.16. The van der Waals surface area contributed by atoms with Crippen molar-refractivity contribution < 1.29 is 4.79 Å². The number of hydrogen-bond acceptors (Lipinski definition) is 6. The number of aromatic nitrogens is 3. The maximum Gasteiger partial charge on any atom is 0.233 e. The van der Waals surface area contributed by atoms with Crippen LogP contribution in [0.15, 0.2) is 22.7 Å². The first-order valence-electron chi connectivity index (χ1n) is 6.36. The highest BCUT2D eigenvalue weighted by atomic mass is 32.2. The highest BCUT2D eigenvalue weighted by molar-refractivity contribution is 8.00. The van der Waals surface area contributed by atoms with Gasteiger partial charge in [0.2, 0.25) is 11.1 Å². The van der Waals surface area contributed by atoms with Crippen LogP contribution in [0.2, 0.25) is 0 Å². The standard InChI is InChI=1S/C12H15N5OS2/c1-7(11(18)14-8-4-5-8)20-12-16-15-10(17(12)13)9-3-2-6-19-9/h2-3,6-8H,4-5,13H2,1H3,(H,14,18). The number of nitrogens with zero attached hydrogens (tertiary/aromatic N) is 3. The molecule has 1 atom stereocenters. The maximum absolute atomic E-state index is 11.9. The van der Waals surface area contributed by atoms with Crippen LogP contribution in [-0.4, -0.2) is 32.1 Å². The molecule has 6 nitrogen and oxygen atoms in total. The summed E-state index contributed by atoms with van der Waals surface area (Å²) in [5, 5.41) is 13.4. The summed E-state index contributed by atoms with van der Waals surface area (Å²) < 4.78 is 1.44. The summed E-state index contributed by atoms with van der Waals surface area (Å²) in [5.74, 6) is 6.65. The largest absolute Gasteiger partial charge is 0.352 e. The number of thiophene rings is 1. The van der Waals surface area contributed by atoms with Crippen LogP contribution in [0.5, 0.6) is 0 Å². The van der Waals surface area contributed by atoms with Gasteiger partial charge >= 0.3 is 0 Å². The van der Waals surface area contributed by atoms with E-state index in [4.69, 9.17) is 5.84 Å². The maximum atomic E-state index is 11.9. The molecule has 1 unspecified atom stereocenters. The molecule has 1 saturated carbocycles. The third kappa shape index (κ3) is 2.80. The zero-order chi connectivity index (χ0) is 14.1. The third-order valence-electron chi connectivity index (χ3n) is 2.98. The Hall–Kier alpha value is -1.54. The van der Waals surface area contributed by atoms with Gasteiger partial charge in [-0.2, -0.15) is 0 Å². The van der Waals surface area contributed by atoms with E-state index in [0.29, 0.717) is 17.0 Å². The molecule has 0 aromatic carbocycles. The molecule has 2 aromatic heterocycles. The number of thioether (sulfide) groups is 1. The zero-order valence-corrected chi connectivity index (χ0v) is 12.6. The number of nitrogens with one attached hydrogen (secondary N) is 1. The van der Waals surface area contributed by atoms with E-state index < -0.39 is 0 Å². The van der Waals surface area contributed by atoms with Crippen LogP contribution in [-0.2, 0) is 4.79 Å². The molecule has 0 aliphatic heterocycles. The van der Waals surface area contributed by atoms with E-state index in [0.717, 1.165) is 17.7 Å². The van der Waals surface area contributed by atoms with Crippen LogP contribution in [0.1, 0.15) is 19.8 Å². The average Bonchev–Trinajstić information content (AvgIpc) is 2.94. The Bertz CT molecular complexity index is 605. The van der Waals surface area contributed by atoms with Crippen LogP contribution in [0.4, 0.5) is 0 Å². The lowest BCUT2D eigenvalue weighted by Gasteiger charge is -2.10. The summed E-state index contributed by atoms with van der Waals surface area (Å²) in [6.45, 7) is 1.85. The van der Waals surface area contributed by atoms with Gasteiger partial charge in [-0.05, 0) is 31.2 Å². The van der Waals surface area contributed by atoms with Crippen LogP contribution in [0.3, 0.4) is 0 Å². The second-order valence-electron chi connectivity index (χ2n) is 4.70. The van der Waals surface area contributed by atoms with Gasteiger partial charge in [0, 0.05) is 6.04 Å². The molecule has 2 heterocycles. The summed E-state index contributed by atoms with van der Waals surface area (Å²) in [6, 6.07) is 4.24. The summed E-state index contributed by atoms with van der Waals surface area (Å²) in [4.78, 5) is 12.9. The number of nitrogens with two attached hydrogens (primary N) is 1. The van der Waals surface area contributed by atoms with E-state index in [1.807, 2.05) is 24.4 Å². The molecular formula is C12H15N5OS2. The predicted molar refractivity (Wildman–Crippen MR) is 80.0 cm³/mol. The van der Waals surface area contributed by atoms with Crippen molar-refractivity contribution in [3.05, 3.63) is 17.5 Å². The Morgan fingerprint density at radius 1 is 1.60 bits per heavy atom. The predicted octanol–water partition coefficient (Wildman–Crippen LogP) is 1.48. The first kappa shape index (κ1) is 13.4. The highest BCUT2D eigenvalue weighted by Crippen LogP contribution is 2.27. The van der Waals surface area contributed by atoms with Gasteiger partial charge in [-0.3, -0.25) is 4.79 Å². The van der Waals surface area contributed by atoms with Crippen molar-refractivity contribution in [1.29, 1.82) is 0 Å². The van der Waals surface area contributed by atoms with Crippen molar-refractivity contribution in [2.45, 2.75) is 36.2 Å². The number of carbonyl (C=O) groups is 1. The van der Waals surface area contributed by atoms with E-state index in [-0.39, 0.29) is 11.2 Å². The minimum atomic E-state index is -0.238. The third-order valence-corrected chi connectivity index (χ3v) is 4.90. The molecule has 3 rings (SSSR count). The number of carbonyl (C=O) groups excluding carboxylic acids is 1. The van der Waals surface area contributed by atoms with Crippen LogP contribution < -0.4 is 11.2 Å². The molecule has 0 radical (unpaired) electrons. The summed E-state index contributed by atoms with van der Waals surface area (Å²) in [5.41, 5.74) is 0. The van der Waals surface area contributed by atoms with Crippen molar-refractivity contribution in [3.63, 3.8) is 0 Å². The molecule has 0 saturated heterocycles. The molecule has 1 fully saturated rings. The van der Waals surface area contributed by atoms with Gasteiger partial charge in [0.15, 0.2) is 5.82 Å². The summed E-state index contributed by atoms with van der Waals surface area (Å²) >= 11 is 2.88. The van der Waals surface area contributed by atoms with Gasteiger partial charge in [0.1, 0.15) is 0 Å². The van der Waals surface area contributed by atoms with Gasteiger partial charge in [-0.25, -0.2) is 4.68 Å². The molecule has 20 heavy (non-hydrogen) atoms. The molecule has 2 aromatic rings. The van der Waals surface area contributed by atoms with Gasteiger partial charge in [0.05, 0.1) is 10.1 Å². The lowest BCUT2D eigenvalue weighted by atomic mass is 10.4. The molecule has 0 bridgehead atoms. The van der Waals surface area contributed by atoms with Crippen LogP contribution in [0, 0.1) is 0 Å². The van der Waals surface area contributed by atoms with Crippen molar-refractivity contribution in [2.75, 3.05) is 5.84 Å². The fourth-order valence-corrected chi connectivity index (χ4v) is 3.17. The van der Waals surface area contributed by atoms with Gasteiger partial charge in [0.25, 0.3) is 0 Å².